The fourth-order valence-corrected chi connectivity index (χ4v) is 3.69. The molecule has 2 heterocycles. The smallest absolute Gasteiger partial charge is 0.155 e. The molecule has 0 unspecified atom stereocenters. The van der Waals surface area contributed by atoms with E-state index in [2.05, 4.69) is 36.3 Å². The number of rotatable bonds is 2. The van der Waals surface area contributed by atoms with Gasteiger partial charge in [0, 0.05) is 28.4 Å². The normalized spacial score (nSPS) is 16.7. The molecule has 1 aromatic carbocycles. The summed E-state index contributed by atoms with van der Waals surface area (Å²) in [5.41, 5.74) is 5.36. The summed E-state index contributed by atoms with van der Waals surface area (Å²) in [5, 5.41) is 5.65. The molecule has 1 fully saturated rings. The van der Waals surface area contributed by atoms with Gasteiger partial charge in [-0.1, -0.05) is 36.2 Å². The second-order valence-corrected chi connectivity index (χ2v) is 6.66. The van der Waals surface area contributed by atoms with Gasteiger partial charge in [0.1, 0.15) is 0 Å². The molecule has 2 aromatic heterocycles. The Morgan fingerprint density at radius 3 is 2.64 bits per heavy atom. The molecule has 4 rings (SSSR count). The molecule has 0 N–H and O–H groups in total. The van der Waals surface area contributed by atoms with Crippen LogP contribution in [0.15, 0.2) is 36.5 Å². The maximum atomic E-state index is 6.47. The van der Waals surface area contributed by atoms with Crippen molar-refractivity contribution < 1.29 is 0 Å². The number of hydrogen-bond acceptors (Lipinski definition) is 2. The van der Waals surface area contributed by atoms with Crippen LogP contribution in [0.2, 0.25) is 5.02 Å². The maximum absolute atomic E-state index is 6.47. The van der Waals surface area contributed by atoms with Crippen molar-refractivity contribution in [1.29, 1.82) is 0 Å². The summed E-state index contributed by atoms with van der Waals surface area (Å²) in [4.78, 5) is 4.65. The van der Waals surface area contributed by atoms with Crippen molar-refractivity contribution in [3.05, 3.63) is 64.1 Å². The zero-order valence-corrected chi connectivity index (χ0v) is 13.6. The van der Waals surface area contributed by atoms with Crippen LogP contribution in [0, 0.1) is 13.8 Å². The summed E-state index contributed by atoms with van der Waals surface area (Å²) in [5.74, 6) is 0. The minimum absolute atomic E-state index is 0.0478. The lowest BCUT2D eigenvalue weighted by atomic mass is 9.62. The maximum Gasteiger partial charge on any atom is 0.155 e. The third-order valence-corrected chi connectivity index (χ3v) is 5.30. The van der Waals surface area contributed by atoms with E-state index in [-0.39, 0.29) is 5.41 Å². The van der Waals surface area contributed by atoms with Crippen LogP contribution in [0.5, 0.6) is 0 Å². The third kappa shape index (κ3) is 1.88. The van der Waals surface area contributed by atoms with Crippen LogP contribution < -0.4 is 0 Å². The number of fused-ring (bicyclic) bond motifs is 1. The lowest BCUT2D eigenvalue weighted by Gasteiger charge is -2.41. The van der Waals surface area contributed by atoms with Gasteiger partial charge in [0.2, 0.25) is 0 Å². The zero-order chi connectivity index (χ0) is 15.3. The Balaban J connectivity index is 1.90. The van der Waals surface area contributed by atoms with Gasteiger partial charge in [-0.05, 0) is 43.9 Å². The summed E-state index contributed by atoms with van der Waals surface area (Å²) in [6, 6.07) is 10.3. The van der Waals surface area contributed by atoms with Crippen molar-refractivity contribution >= 4 is 17.2 Å². The molecular weight excluding hydrogens is 294 g/mol. The van der Waals surface area contributed by atoms with Gasteiger partial charge in [-0.15, -0.1) is 0 Å². The molecule has 0 saturated heterocycles. The number of aryl methyl sites for hydroxylation is 2. The molecule has 1 saturated carbocycles. The molecule has 0 atom stereocenters. The van der Waals surface area contributed by atoms with Gasteiger partial charge < -0.3 is 0 Å². The Bertz CT molecular complexity index is 823. The van der Waals surface area contributed by atoms with Gasteiger partial charge in [0.05, 0.1) is 5.69 Å². The van der Waals surface area contributed by atoms with Crippen LogP contribution in [-0.4, -0.2) is 14.6 Å². The quantitative estimate of drug-likeness (QED) is 0.699. The number of aromatic nitrogens is 3. The molecule has 0 radical (unpaired) electrons. The molecule has 3 aromatic rings. The fraction of sp³-hybridized carbons (Fsp3) is 0.333. The van der Waals surface area contributed by atoms with Crippen molar-refractivity contribution in [3.8, 4) is 0 Å². The standard InChI is InChI=1S/C18H18ClN3/c1-12-11-22-17(20-13(12)2)10-16(21-22)18(8-5-9-18)14-6-3-4-7-15(14)19/h3-4,6-7,10-11H,5,8-9H2,1-2H3. The average molecular weight is 312 g/mol. The SMILES string of the molecule is Cc1cn2nc(C3(c4ccccc4Cl)CCC3)cc2nc1C. The predicted octanol–water partition coefficient (Wildman–Crippen LogP) is 4.47. The van der Waals surface area contributed by atoms with E-state index in [1.165, 1.54) is 12.0 Å². The second-order valence-electron chi connectivity index (χ2n) is 6.26. The average Bonchev–Trinajstić information content (AvgIpc) is 2.83. The lowest BCUT2D eigenvalue weighted by Crippen LogP contribution is -2.36. The first kappa shape index (κ1) is 13.8. The van der Waals surface area contributed by atoms with E-state index in [4.69, 9.17) is 16.7 Å². The van der Waals surface area contributed by atoms with Gasteiger partial charge in [0.25, 0.3) is 0 Å². The highest BCUT2D eigenvalue weighted by Crippen LogP contribution is 2.50. The largest absolute Gasteiger partial charge is 0.234 e. The Morgan fingerprint density at radius 2 is 1.95 bits per heavy atom. The Kier molecular flexibility index (Phi) is 3.01. The summed E-state index contributed by atoms with van der Waals surface area (Å²) >= 11 is 6.47. The summed E-state index contributed by atoms with van der Waals surface area (Å²) in [6.07, 6.45) is 5.46. The van der Waals surface area contributed by atoms with Gasteiger partial charge in [0.15, 0.2) is 5.65 Å². The molecular formula is C18H18ClN3. The molecule has 3 nitrogen and oxygen atoms in total. The van der Waals surface area contributed by atoms with Crippen LogP contribution in [0.25, 0.3) is 5.65 Å². The number of benzene rings is 1. The summed E-state index contributed by atoms with van der Waals surface area (Å²) in [7, 11) is 0. The predicted molar refractivity (Wildman–Crippen MR) is 88.5 cm³/mol. The monoisotopic (exact) mass is 311 g/mol. The number of hydrogen-bond donors (Lipinski definition) is 0. The van der Waals surface area contributed by atoms with E-state index >= 15 is 0 Å². The molecule has 112 valence electrons. The highest BCUT2D eigenvalue weighted by atomic mass is 35.5. The Hall–Kier alpha value is -1.87. The first-order chi connectivity index (χ1) is 10.6. The van der Waals surface area contributed by atoms with E-state index in [9.17, 15) is 0 Å². The minimum atomic E-state index is -0.0478. The van der Waals surface area contributed by atoms with Crippen molar-refractivity contribution in [2.45, 2.75) is 38.5 Å². The van der Waals surface area contributed by atoms with Crippen LogP contribution >= 0.6 is 11.6 Å². The van der Waals surface area contributed by atoms with E-state index in [1.807, 2.05) is 23.6 Å². The van der Waals surface area contributed by atoms with Crippen molar-refractivity contribution in [2.24, 2.45) is 0 Å². The first-order valence-electron chi connectivity index (χ1n) is 7.69. The first-order valence-corrected chi connectivity index (χ1v) is 8.07. The van der Waals surface area contributed by atoms with E-state index in [0.29, 0.717) is 0 Å². The molecule has 0 bridgehead atoms. The van der Waals surface area contributed by atoms with Crippen LogP contribution in [0.1, 0.15) is 41.8 Å². The van der Waals surface area contributed by atoms with Crippen molar-refractivity contribution in [1.82, 2.24) is 14.6 Å². The van der Waals surface area contributed by atoms with Crippen LogP contribution in [0.3, 0.4) is 0 Å². The molecule has 0 spiro atoms. The summed E-state index contributed by atoms with van der Waals surface area (Å²) < 4.78 is 1.90. The molecule has 0 aliphatic heterocycles. The van der Waals surface area contributed by atoms with Crippen LogP contribution in [0.4, 0.5) is 0 Å². The molecule has 1 aliphatic rings. The minimum Gasteiger partial charge on any atom is -0.234 e. The fourth-order valence-electron chi connectivity index (χ4n) is 3.38. The topological polar surface area (TPSA) is 30.2 Å². The van der Waals surface area contributed by atoms with Crippen molar-refractivity contribution in [2.75, 3.05) is 0 Å². The molecule has 1 aliphatic carbocycles. The zero-order valence-electron chi connectivity index (χ0n) is 12.8. The Labute approximate surface area is 135 Å². The highest BCUT2D eigenvalue weighted by Gasteiger charge is 2.43. The molecule has 0 amide bonds. The van der Waals surface area contributed by atoms with Gasteiger partial charge >= 0.3 is 0 Å². The van der Waals surface area contributed by atoms with E-state index in [1.54, 1.807) is 0 Å². The van der Waals surface area contributed by atoms with Crippen molar-refractivity contribution in [3.63, 3.8) is 0 Å². The summed E-state index contributed by atoms with van der Waals surface area (Å²) in [6.45, 7) is 4.10. The lowest BCUT2D eigenvalue weighted by molar-refractivity contribution is 0.293. The highest BCUT2D eigenvalue weighted by molar-refractivity contribution is 6.31. The Morgan fingerprint density at radius 1 is 1.18 bits per heavy atom. The molecule has 22 heavy (non-hydrogen) atoms. The van der Waals surface area contributed by atoms with Gasteiger partial charge in [-0.3, -0.25) is 0 Å². The van der Waals surface area contributed by atoms with Gasteiger partial charge in [-0.25, -0.2) is 9.50 Å². The number of nitrogens with zero attached hydrogens (tertiary/aromatic N) is 3. The second kappa shape index (κ2) is 4.82. The van der Waals surface area contributed by atoms with Crippen LogP contribution in [-0.2, 0) is 5.41 Å². The third-order valence-electron chi connectivity index (χ3n) is 4.97. The van der Waals surface area contributed by atoms with E-state index in [0.717, 1.165) is 40.5 Å². The van der Waals surface area contributed by atoms with Gasteiger partial charge in [-0.2, -0.15) is 5.10 Å². The number of halogens is 1. The van der Waals surface area contributed by atoms with E-state index < -0.39 is 0 Å². The molecule has 4 heteroatoms.